The lowest BCUT2D eigenvalue weighted by molar-refractivity contribution is 0.415. The van der Waals surface area contributed by atoms with Crippen LogP contribution < -0.4 is 10.3 Å². The highest BCUT2D eigenvalue weighted by atomic mass is 19.1. The summed E-state index contributed by atoms with van der Waals surface area (Å²) in [7, 11) is 1.57. The van der Waals surface area contributed by atoms with Gasteiger partial charge in [0, 0.05) is 5.56 Å². The summed E-state index contributed by atoms with van der Waals surface area (Å²) in [5.41, 5.74) is 1.39. The monoisotopic (exact) mass is 312 g/mol. The minimum Gasteiger partial charge on any atom is -0.497 e. The number of ether oxygens (including phenoxy) is 1. The second-order valence-corrected chi connectivity index (χ2v) is 4.71. The fourth-order valence-corrected chi connectivity index (χ4v) is 2.03. The van der Waals surface area contributed by atoms with Gasteiger partial charge in [0.05, 0.1) is 18.5 Å². The Morgan fingerprint density at radius 1 is 0.957 bits per heavy atom. The van der Waals surface area contributed by atoms with Crippen LogP contribution in [0.3, 0.4) is 0 Å². The molecule has 0 atom stereocenters. The lowest BCUT2D eigenvalue weighted by Crippen LogP contribution is -1.96. The van der Waals surface area contributed by atoms with E-state index in [1.807, 2.05) is 0 Å². The number of hydrogen-bond donors (Lipinski definition) is 2. The summed E-state index contributed by atoms with van der Waals surface area (Å²) in [5, 5.41) is 13.2. The van der Waals surface area contributed by atoms with Crippen LogP contribution in [-0.2, 0) is 0 Å². The Labute approximate surface area is 130 Å². The van der Waals surface area contributed by atoms with Crippen LogP contribution in [0.4, 0.5) is 15.8 Å². The van der Waals surface area contributed by atoms with E-state index < -0.39 is 5.56 Å². The van der Waals surface area contributed by atoms with E-state index in [1.165, 1.54) is 12.1 Å². The average Bonchev–Trinajstić information content (AvgIpc) is 2.95. The maximum Gasteiger partial charge on any atom is 0.292 e. The molecule has 0 saturated carbocycles. The quantitative estimate of drug-likeness (QED) is 0.715. The van der Waals surface area contributed by atoms with Crippen molar-refractivity contribution in [2.45, 2.75) is 0 Å². The van der Waals surface area contributed by atoms with Crippen molar-refractivity contribution in [1.29, 1.82) is 0 Å². The van der Waals surface area contributed by atoms with Gasteiger partial charge in [-0.1, -0.05) is 0 Å². The van der Waals surface area contributed by atoms with Gasteiger partial charge in [-0.25, -0.2) is 4.39 Å². The summed E-state index contributed by atoms with van der Waals surface area (Å²) in [6, 6.07) is 12.7. The Hall–Kier alpha value is -3.22. The van der Waals surface area contributed by atoms with Crippen molar-refractivity contribution >= 4 is 11.4 Å². The molecule has 3 rings (SSSR count). The van der Waals surface area contributed by atoms with Crippen LogP contribution in [0.25, 0.3) is 11.3 Å². The van der Waals surface area contributed by atoms with Gasteiger partial charge in [-0.3, -0.25) is 15.0 Å². The molecule has 0 unspecified atom stereocenters. The number of halogens is 1. The first-order valence-corrected chi connectivity index (χ1v) is 6.80. The number of methoxy groups -OCH3 is 1. The largest absolute Gasteiger partial charge is 0.497 e. The number of benzene rings is 2. The lowest BCUT2D eigenvalue weighted by Gasteiger charge is -1.99. The van der Waals surface area contributed by atoms with Gasteiger partial charge in [0.2, 0.25) is 0 Å². The molecule has 0 spiro atoms. The van der Waals surface area contributed by atoms with Crippen molar-refractivity contribution in [2.75, 3.05) is 7.11 Å². The van der Waals surface area contributed by atoms with Crippen LogP contribution in [0.15, 0.2) is 63.6 Å². The minimum atomic E-state index is -0.401. The number of nitrogens with zero attached hydrogens (tertiary/aromatic N) is 2. The van der Waals surface area contributed by atoms with Crippen LogP contribution in [0, 0.1) is 5.82 Å². The molecule has 0 bridgehead atoms. The number of rotatable bonds is 4. The van der Waals surface area contributed by atoms with Crippen LogP contribution in [0.5, 0.6) is 5.75 Å². The van der Waals surface area contributed by atoms with E-state index in [4.69, 9.17) is 4.74 Å². The van der Waals surface area contributed by atoms with Gasteiger partial charge in [-0.2, -0.15) is 5.11 Å². The second kappa shape index (κ2) is 6.27. The number of H-pyrrole nitrogens is 2. The third kappa shape index (κ3) is 3.18. The molecular formula is C16H13FN4O2. The zero-order valence-corrected chi connectivity index (χ0v) is 12.2. The molecule has 0 amide bonds. The Morgan fingerprint density at radius 3 is 2.30 bits per heavy atom. The molecule has 0 radical (unpaired) electrons. The zero-order chi connectivity index (χ0) is 16.2. The third-order valence-electron chi connectivity index (χ3n) is 3.22. The lowest BCUT2D eigenvalue weighted by atomic mass is 10.1. The van der Waals surface area contributed by atoms with E-state index in [1.54, 1.807) is 43.5 Å². The van der Waals surface area contributed by atoms with Crippen LogP contribution in [-0.4, -0.2) is 17.3 Å². The summed E-state index contributed by atoms with van der Waals surface area (Å²) in [5.74, 6) is 0.350. The standard InChI is InChI=1S/C16H13FN4O2/c1-23-13-8-6-12(7-9-13)18-20-15-14(19-21-16(15)22)10-2-4-11(17)5-3-10/h2-9H,1H3,(H2,19,21,22). The molecule has 2 aromatic carbocycles. The van der Waals surface area contributed by atoms with Gasteiger partial charge < -0.3 is 4.74 Å². The fourth-order valence-electron chi connectivity index (χ4n) is 2.03. The Morgan fingerprint density at radius 2 is 1.65 bits per heavy atom. The minimum absolute atomic E-state index is 0.132. The topological polar surface area (TPSA) is 82.6 Å². The van der Waals surface area contributed by atoms with E-state index >= 15 is 0 Å². The highest BCUT2D eigenvalue weighted by Crippen LogP contribution is 2.27. The van der Waals surface area contributed by atoms with Crippen LogP contribution in [0.1, 0.15) is 0 Å². The van der Waals surface area contributed by atoms with Crippen molar-refractivity contribution in [1.82, 2.24) is 10.2 Å². The van der Waals surface area contributed by atoms with Gasteiger partial charge in [-0.05, 0) is 48.5 Å². The van der Waals surface area contributed by atoms with Crippen molar-refractivity contribution in [3.63, 3.8) is 0 Å². The maximum atomic E-state index is 13.0. The van der Waals surface area contributed by atoms with Crippen molar-refractivity contribution < 1.29 is 9.13 Å². The Balaban J connectivity index is 1.93. The van der Waals surface area contributed by atoms with Crippen molar-refractivity contribution in [3.05, 3.63) is 64.7 Å². The molecule has 0 aliphatic heterocycles. The second-order valence-electron chi connectivity index (χ2n) is 4.71. The van der Waals surface area contributed by atoms with E-state index in [9.17, 15) is 9.18 Å². The van der Waals surface area contributed by atoms with Gasteiger partial charge >= 0.3 is 0 Å². The fraction of sp³-hybridized carbons (Fsp3) is 0.0625. The summed E-state index contributed by atoms with van der Waals surface area (Å²) in [4.78, 5) is 11.9. The molecule has 0 saturated heterocycles. The van der Waals surface area contributed by atoms with E-state index in [0.29, 0.717) is 22.7 Å². The highest BCUT2D eigenvalue weighted by molar-refractivity contribution is 5.71. The summed E-state index contributed by atoms with van der Waals surface area (Å²) in [6.07, 6.45) is 0. The van der Waals surface area contributed by atoms with Crippen molar-refractivity contribution in [3.8, 4) is 17.0 Å². The molecule has 2 N–H and O–H groups in total. The van der Waals surface area contributed by atoms with Gasteiger partial charge in [-0.15, -0.1) is 5.11 Å². The molecule has 116 valence electrons. The molecule has 0 aliphatic rings. The number of aromatic amines is 2. The number of azo groups is 1. The predicted octanol–water partition coefficient (Wildman–Crippen LogP) is 3.93. The van der Waals surface area contributed by atoms with Crippen LogP contribution >= 0.6 is 0 Å². The number of aromatic nitrogens is 2. The molecule has 0 aliphatic carbocycles. The van der Waals surface area contributed by atoms with E-state index in [-0.39, 0.29) is 11.5 Å². The predicted molar refractivity (Wildman–Crippen MR) is 84.0 cm³/mol. The molecular weight excluding hydrogens is 299 g/mol. The van der Waals surface area contributed by atoms with Gasteiger partial charge in [0.1, 0.15) is 11.6 Å². The number of nitrogens with one attached hydrogen (secondary N) is 2. The van der Waals surface area contributed by atoms with Crippen LogP contribution in [0.2, 0.25) is 0 Å². The molecule has 1 aromatic heterocycles. The molecule has 23 heavy (non-hydrogen) atoms. The Bertz CT molecular complexity index is 880. The molecule has 3 aromatic rings. The average molecular weight is 312 g/mol. The number of hydrogen-bond acceptors (Lipinski definition) is 4. The summed E-state index contributed by atoms with van der Waals surface area (Å²) < 4.78 is 18.1. The summed E-state index contributed by atoms with van der Waals surface area (Å²) >= 11 is 0. The smallest absolute Gasteiger partial charge is 0.292 e. The molecule has 1 heterocycles. The van der Waals surface area contributed by atoms with E-state index in [2.05, 4.69) is 20.4 Å². The van der Waals surface area contributed by atoms with E-state index in [0.717, 1.165) is 0 Å². The molecule has 0 fully saturated rings. The zero-order valence-electron chi connectivity index (χ0n) is 12.2. The summed E-state index contributed by atoms with van der Waals surface area (Å²) in [6.45, 7) is 0. The van der Waals surface area contributed by atoms with Gasteiger partial charge in [0.25, 0.3) is 5.56 Å². The molecule has 7 heteroatoms. The SMILES string of the molecule is COc1ccc(N=Nc2c(-c3ccc(F)cc3)[nH][nH]c2=O)cc1. The molecule has 6 nitrogen and oxygen atoms in total. The third-order valence-corrected chi connectivity index (χ3v) is 3.22. The Kier molecular flexibility index (Phi) is 4.01. The highest BCUT2D eigenvalue weighted by Gasteiger charge is 2.11. The first-order valence-electron chi connectivity index (χ1n) is 6.80. The van der Waals surface area contributed by atoms with Crippen molar-refractivity contribution in [2.24, 2.45) is 10.2 Å². The normalized spacial score (nSPS) is 11.0. The first-order chi connectivity index (χ1) is 11.2. The maximum absolute atomic E-state index is 13.0. The van der Waals surface area contributed by atoms with Gasteiger partial charge in [0.15, 0.2) is 5.69 Å². The first kappa shape index (κ1) is 14.7.